The van der Waals surface area contributed by atoms with Gasteiger partial charge in [-0.2, -0.15) is 0 Å². The van der Waals surface area contributed by atoms with E-state index in [-0.39, 0.29) is 11.5 Å². The second kappa shape index (κ2) is 5.06. The third-order valence-electron chi connectivity index (χ3n) is 4.20. The Balaban J connectivity index is 1.79. The van der Waals surface area contributed by atoms with Gasteiger partial charge in [0.2, 0.25) is 0 Å². The van der Waals surface area contributed by atoms with Crippen molar-refractivity contribution in [1.82, 2.24) is 9.55 Å². The van der Waals surface area contributed by atoms with E-state index in [0.717, 1.165) is 37.1 Å². The van der Waals surface area contributed by atoms with E-state index >= 15 is 0 Å². The maximum Gasteiger partial charge on any atom is 0.0812 e. The number of aliphatic hydroxyl groups excluding tert-OH is 1. The molecule has 3 heteroatoms. The van der Waals surface area contributed by atoms with Crippen LogP contribution in [0.4, 0.5) is 0 Å². The molecular formula is C17H22N2O. The molecule has 1 unspecified atom stereocenters. The molecule has 1 N–H and O–H groups in total. The van der Waals surface area contributed by atoms with E-state index in [0.29, 0.717) is 0 Å². The third-order valence-corrected chi connectivity index (χ3v) is 4.20. The first kappa shape index (κ1) is 13.4. The van der Waals surface area contributed by atoms with Gasteiger partial charge < -0.3 is 9.67 Å². The van der Waals surface area contributed by atoms with Crippen molar-refractivity contribution in [1.29, 1.82) is 0 Å². The molecule has 3 rings (SSSR count). The van der Waals surface area contributed by atoms with Crippen molar-refractivity contribution in [2.75, 3.05) is 0 Å². The molecule has 0 radical (unpaired) electrons. The fourth-order valence-corrected chi connectivity index (χ4v) is 3.18. The zero-order chi connectivity index (χ0) is 14.2. The maximum atomic E-state index is 10.3. The highest BCUT2D eigenvalue weighted by atomic mass is 16.3. The molecule has 0 aliphatic heterocycles. The Labute approximate surface area is 120 Å². The van der Waals surface area contributed by atoms with Gasteiger partial charge in [-0.25, -0.2) is 0 Å². The molecule has 2 heterocycles. The number of pyridine rings is 1. The molecule has 0 bridgehead atoms. The van der Waals surface area contributed by atoms with Crippen molar-refractivity contribution < 1.29 is 5.11 Å². The number of aryl methyl sites for hydroxylation is 2. The second-order valence-electron chi connectivity index (χ2n) is 6.54. The van der Waals surface area contributed by atoms with Crippen molar-refractivity contribution in [3.8, 4) is 0 Å². The fraction of sp³-hybridized carbons (Fsp3) is 0.471. The lowest BCUT2D eigenvalue weighted by Crippen LogP contribution is -2.27. The topological polar surface area (TPSA) is 38.0 Å². The average molecular weight is 270 g/mol. The van der Waals surface area contributed by atoms with Gasteiger partial charge in [-0.05, 0) is 36.5 Å². The first-order valence-electron chi connectivity index (χ1n) is 7.31. The van der Waals surface area contributed by atoms with Crippen LogP contribution in [0.1, 0.15) is 43.3 Å². The van der Waals surface area contributed by atoms with E-state index in [1.807, 2.05) is 18.3 Å². The molecule has 106 valence electrons. The first-order chi connectivity index (χ1) is 9.55. The number of fused-ring (bicyclic) bond motifs is 1. The molecule has 3 nitrogen and oxygen atoms in total. The number of hydrogen-bond acceptors (Lipinski definition) is 2. The minimum absolute atomic E-state index is 0.174. The number of rotatable bonds is 3. The Kier molecular flexibility index (Phi) is 3.38. The number of aromatic nitrogens is 2. The molecule has 20 heavy (non-hydrogen) atoms. The summed E-state index contributed by atoms with van der Waals surface area (Å²) >= 11 is 0. The van der Waals surface area contributed by atoms with Gasteiger partial charge in [0.1, 0.15) is 0 Å². The van der Waals surface area contributed by atoms with E-state index in [4.69, 9.17) is 0 Å². The Morgan fingerprint density at radius 3 is 2.95 bits per heavy atom. The third kappa shape index (κ3) is 2.63. The monoisotopic (exact) mass is 270 g/mol. The van der Waals surface area contributed by atoms with E-state index in [1.54, 1.807) is 0 Å². The Hall–Kier alpha value is -1.61. The normalized spacial score (nSPS) is 20.6. The standard InChI is InChI=1S/C17H22N2O/c1-17(2)11-15-14(16(20)12-17)7-10-19(15)9-6-13-5-3-4-8-18-13/h3-5,7-8,10,16,20H,6,9,11-12H2,1-2H3. The minimum Gasteiger partial charge on any atom is -0.388 e. The molecule has 0 saturated carbocycles. The van der Waals surface area contributed by atoms with Crippen LogP contribution in [0.3, 0.4) is 0 Å². The van der Waals surface area contributed by atoms with Crippen molar-refractivity contribution in [3.63, 3.8) is 0 Å². The number of nitrogens with zero attached hydrogens (tertiary/aromatic N) is 2. The summed E-state index contributed by atoms with van der Waals surface area (Å²) in [6, 6.07) is 8.11. The smallest absolute Gasteiger partial charge is 0.0812 e. The molecular weight excluding hydrogens is 248 g/mol. The summed E-state index contributed by atoms with van der Waals surface area (Å²) in [6.45, 7) is 5.39. The first-order valence-corrected chi connectivity index (χ1v) is 7.31. The predicted octanol–water partition coefficient (Wildman–Crippen LogP) is 3.13. The molecule has 1 aliphatic rings. The van der Waals surface area contributed by atoms with Gasteiger partial charge >= 0.3 is 0 Å². The summed E-state index contributed by atoms with van der Waals surface area (Å²) in [5, 5.41) is 10.3. The summed E-state index contributed by atoms with van der Waals surface area (Å²) in [5.74, 6) is 0. The van der Waals surface area contributed by atoms with E-state index < -0.39 is 0 Å². The molecule has 0 amide bonds. The van der Waals surface area contributed by atoms with Crippen LogP contribution < -0.4 is 0 Å². The molecule has 0 spiro atoms. The quantitative estimate of drug-likeness (QED) is 0.930. The van der Waals surface area contributed by atoms with Gasteiger partial charge in [-0.15, -0.1) is 0 Å². The van der Waals surface area contributed by atoms with Crippen LogP contribution in [0, 0.1) is 5.41 Å². The summed E-state index contributed by atoms with van der Waals surface area (Å²) in [4.78, 5) is 4.37. The van der Waals surface area contributed by atoms with E-state index in [1.165, 1.54) is 5.69 Å². The summed E-state index contributed by atoms with van der Waals surface area (Å²) in [6.07, 6.45) is 6.45. The van der Waals surface area contributed by atoms with Crippen LogP contribution in [-0.4, -0.2) is 14.7 Å². The Morgan fingerprint density at radius 1 is 1.35 bits per heavy atom. The van der Waals surface area contributed by atoms with Gasteiger partial charge in [-0.1, -0.05) is 19.9 Å². The van der Waals surface area contributed by atoms with Crippen molar-refractivity contribution >= 4 is 0 Å². The highest BCUT2D eigenvalue weighted by molar-refractivity contribution is 5.29. The lowest BCUT2D eigenvalue weighted by atomic mass is 9.75. The minimum atomic E-state index is -0.315. The molecule has 0 fully saturated rings. The van der Waals surface area contributed by atoms with Gasteiger partial charge in [0.05, 0.1) is 6.10 Å². The zero-order valence-electron chi connectivity index (χ0n) is 12.2. The van der Waals surface area contributed by atoms with Crippen LogP contribution >= 0.6 is 0 Å². The van der Waals surface area contributed by atoms with Crippen LogP contribution in [0.15, 0.2) is 36.7 Å². The maximum absolute atomic E-state index is 10.3. The SMILES string of the molecule is CC1(C)Cc2c(ccn2CCc2ccccn2)C(O)C1. The summed E-state index contributed by atoms with van der Waals surface area (Å²) in [7, 11) is 0. The molecule has 1 aliphatic carbocycles. The Morgan fingerprint density at radius 2 is 2.20 bits per heavy atom. The molecule has 2 aromatic heterocycles. The molecule has 0 saturated heterocycles. The van der Waals surface area contributed by atoms with Crippen molar-refractivity contribution in [2.24, 2.45) is 5.41 Å². The van der Waals surface area contributed by atoms with Crippen LogP contribution in [0.5, 0.6) is 0 Å². The molecule has 1 atom stereocenters. The largest absolute Gasteiger partial charge is 0.388 e. The van der Waals surface area contributed by atoms with E-state index in [2.05, 4.69) is 41.7 Å². The fourth-order valence-electron chi connectivity index (χ4n) is 3.18. The number of hydrogen-bond donors (Lipinski definition) is 1. The van der Waals surface area contributed by atoms with Crippen molar-refractivity contribution in [2.45, 2.75) is 45.8 Å². The summed E-state index contributed by atoms with van der Waals surface area (Å²) in [5.41, 5.74) is 3.70. The highest BCUT2D eigenvalue weighted by Gasteiger charge is 2.32. The van der Waals surface area contributed by atoms with Gasteiger partial charge in [0.15, 0.2) is 0 Å². The van der Waals surface area contributed by atoms with Gasteiger partial charge in [0, 0.05) is 42.3 Å². The predicted molar refractivity (Wildman–Crippen MR) is 79.4 cm³/mol. The average Bonchev–Trinajstić information content (AvgIpc) is 2.79. The highest BCUT2D eigenvalue weighted by Crippen LogP contribution is 2.41. The second-order valence-corrected chi connectivity index (χ2v) is 6.54. The molecule has 2 aromatic rings. The zero-order valence-corrected chi connectivity index (χ0v) is 12.2. The summed E-state index contributed by atoms with van der Waals surface area (Å²) < 4.78 is 2.29. The van der Waals surface area contributed by atoms with Crippen LogP contribution in [0.25, 0.3) is 0 Å². The van der Waals surface area contributed by atoms with Crippen LogP contribution in [-0.2, 0) is 19.4 Å². The van der Waals surface area contributed by atoms with Crippen LogP contribution in [0.2, 0.25) is 0 Å². The van der Waals surface area contributed by atoms with Gasteiger partial charge in [-0.3, -0.25) is 4.98 Å². The number of aliphatic hydroxyl groups is 1. The van der Waals surface area contributed by atoms with E-state index in [9.17, 15) is 5.11 Å². The van der Waals surface area contributed by atoms with Gasteiger partial charge in [0.25, 0.3) is 0 Å². The Bertz CT molecular complexity index is 586. The lowest BCUT2D eigenvalue weighted by Gasteiger charge is -2.34. The lowest BCUT2D eigenvalue weighted by molar-refractivity contribution is 0.0979. The van der Waals surface area contributed by atoms with Crippen molar-refractivity contribution in [3.05, 3.63) is 53.6 Å². The molecule has 0 aromatic carbocycles.